The van der Waals surface area contributed by atoms with Crippen LogP contribution in [0.4, 0.5) is 5.69 Å². The summed E-state index contributed by atoms with van der Waals surface area (Å²) in [6.45, 7) is 3.57. The van der Waals surface area contributed by atoms with Crippen LogP contribution in [0.1, 0.15) is 27.6 Å². The monoisotopic (exact) mass is 442 g/mol. The number of benzene rings is 3. The quantitative estimate of drug-likeness (QED) is 0.558. The Morgan fingerprint density at radius 3 is 2.36 bits per heavy atom. The predicted octanol–water partition coefficient (Wildman–Crippen LogP) is 4.04. The molecule has 3 aromatic carbocycles. The normalized spacial score (nSPS) is 13.3. The van der Waals surface area contributed by atoms with Gasteiger partial charge in [-0.25, -0.2) is 0 Å². The molecular formula is C26H22N2O5. The van der Waals surface area contributed by atoms with Crippen LogP contribution in [-0.2, 0) is 14.3 Å². The Hall–Kier alpha value is -4.39. The van der Waals surface area contributed by atoms with E-state index in [-0.39, 0.29) is 12.5 Å². The van der Waals surface area contributed by atoms with Crippen molar-refractivity contribution in [3.05, 3.63) is 102 Å². The first-order valence-corrected chi connectivity index (χ1v) is 10.3. The van der Waals surface area contributed by atoms with Crippen LogP contribution in [0.25, 0.3) is 5.70 Å². The summed E-state index contributed by atoms with van der Waals surface area (Å²) in [5, 5.41) is 2.75. The van der Waals surface area contributed by atoms with Gasteiger partial charge in [0.1, 0.15) is 12.3 Å². The molecule has 0 bridgehead atoms. The molecule has 1 heterocycles. The number of ether oxygens (including phenoxy) is 2. The molecule has 1 unspecified atom stereocenters. The number of hydrogen-bond donors (Lipinski definition) is 1. The maximum atomic E-state index is 13.1. The average Bonchev–Trinajstić information content (AvgIpc) is 3.08. The molecule has 1 aliphatic heterocycles. The SMILES string of the molecule is C=C1c2ccccc2C(=O)N1CC(=O)OC(C(=O)Nc1cccc(OC)c1)c1ccccc1. The van der Waals surface area contributed by atoms with Gasteiger partial charge in [0.2, 0.25) is 6.10 Å². The van der Waals surface area contributed by atoms with Crippen molar-refractivity contribution in [2.24, 2.45) is 0 Å². The van der Waals surface area contributed by atoms with E-state index in [1.54, 1.807) is 78.9 Å². The first-order chi connectivity index (χ1) is 16.0. The number of carbonyl (C=O) groups excluding carboxylic acids is 3. The Labute approximate surface area is 191 Å². The van der Waals surface area contributed by atoms with E-state index < -0.39 is 18.0 Å². The van der Waals surface area contributed by atoms with Crippen molar-refractivity contribution in [1.29, 1.82) is 0 Å². The van der Waals surface area contributed by atoms with E-state index in [1.165, 1.54) is 12.0 Å². The number of amides is 2. The third kappa shape index (κ3) is 4.62. The second-order valence-electron chi connectivity index (χ2n) is 7.39. The number of esters is 1. The van der Waals surface area contributed by atoms with Gasteiger partial charge in [0, 0.05) is 34.1 Å². The predicted molar refractivity (Wildman–Crippen MR) is 123 cm³/mol. The minimum atomic E-state index is -1.21. The first kappa shape index (κ1) is 21.8. The standard InChI is InChI=1S/C26H22N2O5/c1-17-21-13-6-7-14-22(21)26(31)28(17)16-23(29)33-24(18-9-4-3-5-10-18)25(30)27-19-11-8-12-20(15-19)32-2/h3-15,24H,1,16H2,2H3,(H,27,30). The summed E-state index contributed by atoms with van der Waals surface area (Å²) in [5.41, 5.74) is 2.57. The third-order valence-corrected chi connectivity index (χ3v) is 5.25. The fourth-order valence-electron chi connectivity index (χ4n) is 3.61. The molecule has 0 spiro atoms. The molecule has 166 valence electrons. The number of fused-ring (bicyclic) bond motifs is 1. The van der Waals surface area contributed by atoms with Gasteiger partial charge in [-0.15, -0.1) is 0 Å². The maximum absolute atomic E-state index is 13.1. The molecule has 0 saturated heterocycles. The molecule has 2 amide bonds. The zero-order valence-electron chi connectivity index (χ0n) is 18.0. The van der Waals surface area contributed by atoms with Gasteiger partial charge in [-0.2, -0.15) is 0 Å². The molecular weight excluding hydrogens is 420 g/mol. The summed E-state index contributed by atoms with van der Waals surface area (Å²) < 4.78 is 10.8. The van der Waals surface area contributed by atoms with Crippen LogP contribution in [0.5, 0.6) is 5.75 Å². The van der Waals surface area contributed by atoms with E-state index >= 15 is 0 Å². The molecule has 33 heavy (non-hydrogen) atoms. The van der Waals surface area contributed by atoms with Gasteiger partial charge in [0.05, 0.1) is 7.11 Å². The largest absolute Gasteiger partial charge is 0.497 e. The summed E-state index contributed by atoms with van der Waals surface area (Å²) in [7, 11) is 1.53. The molecule has 0 aromatic heterocycles. The van der Waals surface area contributed by atoms with Crippen molar-refractivity contribution < 1.29 is 23.9 Å². The van der Waals surface area contributed by atoms with Gasteiger partial charge in [-0.05, 0) is 18.2 Å². The van der Waals surface area contributed by atoms with Crippen LogP contribution in [0.2, 0.25) is 0 Å². The average molecular weight is 442 g/mol. The Kier molecular flexibility index (Phi) is 6.22. The zero-order chi connectivity index (χ0) is 23.4. The number of nitrogens with zero attached hydrogens (tertiary/aromatic N) is 1. The number of nitrogens with one attached hydrogen (secondary N) is 1. The highest BCUT2D eigenvalue weighted by Gasteiger charge is 2.34. The number of anilines is 1. The van der Waals surface area contributed by atoms with Crippen molar-refractivity contribution in [2.75, 3.05) is 19.0 Å². The van der Waals surface area contributed by atoms with Crippen LogP contribution in [0, 0.1) is 0 Å². The molecule has 1 atom stereocenters. The Morgan fingerprint density at radius 2 is 1.67 bits per heavy atom. The van der Waals surface area contributed by atoms with Crippen LogP contribution < -0.4 is 10.1 Å². The summed E-state index contributed by atoms with van der Waals surface area (Å²) in [6.07, 6.45) is -1.21. The molecule has 0 saturated carbocycles. The molecule has 4 rings (SSSR count). The highest BCUT2D eigenvalue weighted by Crippen LogP contribution is 2.31. The summed E-state index contributed by atoms with van der Waals surface area (Å²) in [4.78, 5) is 39.8. The van der Waals surface area contributed by atoms with Gasteiger partial charge in [0.25, 0.3) is 11.8 Å². The van der Waals surface area contributed by atoms with E-state index in [0.717, 1.165) is 0 Å². The molecule has 0 fully saturated rings. The highest BCUT2D eigenvalue weighted by atomic mass is 16.5. The van der Waals surface area contributed by atoms with Gasteiger partial charge >= 0.3 is 5.97 Å². The molecule has 1 N–H and O–H groups in total. The summed E-state index contributed by atoms with van der Waals surface area (Å²) in [5.74, 6) is -1.01. The smallest absolute Gasteiger partial charge is 0.327 e. The Bertz CT molecular complexity index is 1190. The minimum absolute atomic E-state index is 0.329. The minimum Gasteiger partial charge on any atom is -0.497 e. The van der Waals surface area contributed by atoms with Crippen LogP contribution in [0.3, 0.4) is 0 Å². The molecule has 1 aliphatic rings. The lowest BCUT2D eigenvalue weighted by atomic mass is 10.1. The van der Waals surface area contributed by atoms with E-state index in [2.05, 4.69) is 11.9 Å². The molecule has 0 aliphatic carbocycles. The van der Waals surface area contributed by atoms with E-state index in [1.807, 2.05) is 0 Å². The fraction of sp³-hybridized carbons (Fsp3) is 0.115. The third-order valence-electron chi connectivity index (χ3n) is 5.25. The van der Waals surface area contributed by atoms with Gasteiger partial charge in [0.15, 0.2) is 0 Å². The fourth-order valence-corrected chi connectivity index (χ4v) is 3.61. The maximum Gasteiger partial charge on any atom is 0.327 e. The zero-order valence-corrected chi connectivity index (χ0v) is 18.0. The molecule has 7 heteroatoms. The second-order valence-corrected chi connectivity index (χ2v) is 7.39. The first-order valence-electron chi connectivity index (χ1n) is 10.3. The highest BCUT2D eigenvalue weighted by molar-refractivity contribution is 6.10. The number of carbonyl (C=O) groups is 3. The Balaban J connectivity index is 1.51. The van der Waals surface area contributed by atoms with Crippen molar-refractivity contribution in [3.63, 3.8) is 0 Å². The number of hydrogen-bond acceptors (Lipinski definition) is 5. The lowest BCUT2D eigenvalue weighted by molar-refractivity contribution is -0.154. The van der Waals surface area contributed by atoms with Gasteiger partial charge in [-0.1, -0.05) is 61.2 Å². The van der Waals surface area contributed by atoms with E-state index in [0.29, 0.717) is 33.8 Å². The van der Waals surface area contributed by atoms with Gasteiger partial charge < -0.3 is 14.8 Å². The number of methoxy groups -OCH3 is 1. The number of rotatable bonds is 7. The van der Waals surface area contributed by atoms with Crippen LogP contribution in [0.15, 0.2) is 85.4 Å². The Morgan fingerprint density at radius 1 is 0.970 bits per heavy atom. The van der Waals surface area contributed by atoms with Crippen molar-refractivity contribution in [2.45, 2.75) is 6.10 Å². The molecule has 3 aromatic rings. The van der Waals surface area contributed by atoms with Crippen LogP contribution >= 0.6 is 0 Å². The van der Waals surface area contributed by atoms with E-state index in [9.17, 15) is 14.4 Å². The van der Waals surface area contributed by atoms with Crippen molar-refractivity contribution >= 4 is 29.2 Å². The lowest BCUT2D eigenvalue weighted by Crippen LogP contribution is -2.33. The van der Waals surface area contributed by atoms with Crippen LogP contribution in [-0.4, -0.2) is 36.3 Å². The second kappa shape index (κ2) is 9.40. The van der Waals surface area contributed by atoms with Crippen molar-refractivity contribution in [1.82, 2.24) is 4.90 Å². The summed E-state index contributed by atoms with van der Waals surface area (Å²) in [6, 6.07) is 22.5. The van der Waals surface area contributed by atoms with Crippen molar-refractivity contribution in [3.8, 4) is 5.75 Å². The molecule has 0 radical (unpaired) electrons. The van der Waals surface area contributed by atoms with E-state index in [4.69, 9.17) is 9.47 Å². The lowest BCUT2D eigenvalue weighted by Gasteiger charge is -2.21. The molecule has 7 nitrogen and oxygen atoms in total. The van der Waals surface area contributed by atoms with Gasteiger partial charge in [-0.3, -0.25) is 19.3 Å². The summed E-state index contributed by atoms with van der Waals surface area (Å²) >= 11 is 0. The topological polar surface area (TPSA) is 84.9 Å².